The number of aromatic nitrogens is 3. The summed E-state index contributed by atoms with van der Waals surface area (Å²) in [6.07, 6.45) is 5.19. The number of rotatable bonds is 4. The highest BCUT2D eigenvalue weighted by Crippen LogP contribution is 2.45. The van der Waals surface area contributed by atoms with E-state index >= 15 is 4.39 Å². The number of carbonyl (C=O) groups is 1. The van der Waals surface area contributed by atoms with Gasteiger partial charge in [0.25, 0.3) is 5.91 Å². The molecule has 1 saturated carbocycles. The number of nitrogens with zero attached hydrogens (tertiary/aromatic N) is 4. The van der Waals surface area contributed by atoms with Gasteiger partial charge in [0.05, 0.1) is 25.5 Å². The summed E-state index contributed by atoms with van der Waals surface area (Å²) in [5.74, 6) is -0.753. The normalized spacial score (nSPS) is 18.1. The summed E-state index contributed by atoms with van der Waals surface area (Å²) in [5.41, 5.74) is 3.65. The molecule has 0 radical (unpaired) electrons. The third-order valence-corrected chi connectivity index (χ3v) is 6.45. The predicted octanol–water partition coefficient (Wildman–Crippen LogP) is 5.46. The van der Waals surface area contributed by atoms with Gasteiger partial charge in [-0.1, -0.05) is 23.7 Å². The van der Waals surface area contributed by atoms with Crippen LogP contribution in [0.25, 0.3) is 22.0 Å². The van der Waals surface area contributed by atoms with E-state index in [0.29, 0.717) is 21.7 Å². The summed E-state index contributed by atoms with van der Waals surface area (Å²) >= 11 is 6.32. The third kappa shape index (κ3) is 3.09. The van der Waals surface area contributed by atoms with Crippen LogP contribution in [0.1, 0.15) is 48.7 Å². The Morgan fingerprint density at radius 3 is 2.88 bits per heavy atom. The average Bonchev–Trinajstić information content (AvgIpc) is 3.54. The van der Waals surface area contributed by atoms with Gasteiger partial charge in [-0.15, -0.1) is 0 Å². The highest BCUT2D eigenvalue weighted by Gasteiger charge is 2.33. The summed E-state index contributed by atoms with van der Waals surface area (Å²) in [6, 6.07) is 10.2. The van der Waals surface area contributed by atoms with Crippen LogP contribution in [-0.2, 0) is 20.1 Å². The molecule has 0 atom stereocenters. The number of halogens is 2. The van der Waals surface area contributed by atoms with Crippen molar-refractivity contribution in [3.63, 3.8) is 0 Å². The van der Waals surface area contributed by atoms with E-state index in [1.807, 2.05) is 25.4 Å². The number of hydrogen-bond donors (Lipinski definition) is 0. The number of aryl methyl sites for hydroxylation is 1. The number of amides is 1. The molecule has 0 unspecified atom stereocenters. The first-order valence-corrected chi connectivity index (χ1v) is 10.9. The van der Waals surface area contributed by atoms with Crippen molar-refractivity contribution < 1.29 is 11.9 Å². The van der Waals surface area contributed by atoms with Crippen LogP contribution in [0, 0.1) is 5.82 Å². The standard InChI is InChI=1S/C25H20ClFN4O/c1-30-11-20-16(6-7-21(26)24(20)29-30)15-9-18(14-4-5-14)19(22(27)10-15)12-31-13-23-17(25(31)32)3-2-8-28-23/h2-3,6-11,14H,4-5,12-13H2,1H3/i13D2. The number of benzene rings is 2. The average molecular weight is 449 g/mol. The van der Waals surface area contributed by atoms with E-state index in [1.54, 1.807) is 22.9 Å². The first-order chi connectivity index (χ1) is 16.3. The maximum absolute atomic E-state index is 15.7. The smallest absolute Gasteiger partial charge is 0.256 e. The topological polar surface area (TPSA) is 51.0 Å². The van der Waals surface area contributed by atoms with Crippen molar-refractivity contribution in [1.29, 1.82) is 0 Å². The molecule has 2 aliphatic rings. The highest BCUT2D eigenvalue weighted by atomic mass is 35.5. The SMILES string of the molecule is [2H]C1([2H])c2ncccc2C(=O)N1Cc1c(F)cc(-c2ccc(Cl)c3nn(C)cc23)cc1C1CC1. The van der Waals surface area contributed by atoms with Crippen LogP contribution >= 0.6 is 11.6 Å². The summed E-state index contributed by atoms with van der Waals surface area (Å²) < 4.78 is 34.4. The molecular formula is C25H20ClFN4O. The fraction of sp³-hybridized carbons (Fsp3) is 0.240. The van der Waals surface area contributed by atoms with E-state index in [1.165, 1.54) is 12.3 Å². The third-order valence-electron chi connectivity index (χ3n) is 6.14. The quantitative estimate of drug-likeness (QED) is 0.416. The predicted molar refractivity (Wildman–Crippen MR) is 121 cm³/mol. The lowest BCUT2D eigenvalue weighted by Crippen LogP contribution is -2.24. The monoisotopic (exact) mass is 448 g/mol. The molecule has 0 spiro atoms. The van der Waals surface area contributed by atoms with Crippen LogP contribution < -0.4 is 0 Å². The lowest BCUT2D eigenvalue weighted by molar-refractivity contribution is 0.0764. The van der Waals surface area contributed by atoms with Gasteiger partial charge in [-0.3, -0.25) is 14.5 Å². The highest BCUT2D eigenvalue weighted by molar-refractivity contribution is 6.35. The number of hydrogen-bond acceptors (Lipinski definition) is 3. The first kappa shape index (κ1) is 17.3. The van der Waals surface area contributed by atoms with Crippen molar-refractivity contribution in [3.8, 4) is 11.1 Å². The van der Waals surface area contributed by atoms with Gasteiger partial charge in [0.1, 0.15) is 11.3 Å². The Kier molecular flexibility index (Phi) is 3.86. The van der Waals surface area contributed by atoms with E-state index in [9.17, 15) is 4.79 Å². The molecular weight excluding hydrogens is 427 g/mol. The zero-order valence-corrected chi connectivity index (χ0v) is 18.0. The second kappa shape index (κ2) is 7.14. The lowest BCUT2D eigenvalue weighted by atomic mass is 9.94. The second-order valence-electron chi connectivity index (χ2n) is 8.36. The molecule has 1 aliphatic carbocycles. The Morgan fingerprint density at radius 2 is 2.09 bits per heavy atom. The fourth-order valence-corrected chi connectivity index (χ4v) is 4.64. The molecule has 160 valence electrons. The molecule has 32 heavy (non-hydrogen) atoms. The Balaban J connectivity index is 1.45. The van der Waals surface area contributed by atoms with Crippen LogP contribution in [0.4, 0.5) is 4.39 Å². The largest absolute Gasteiger partial charge is 0.328 e. The van der Waals surface area contributed by atoms with Crippen LogP contribution in [0.15, 0.2) is 48.8 Å². The van der Waals surface area contributed by atoms with E-state index in [2.05, 4.69) is 10.1 Å². The minimum atomic E-state index is -2.11. The lowest BCUT2D eigenvalue weighted by Gasteiger charge is -2.20. The molecule has 0 N–H and O–H groups in total. The summed E-state index contributed by atoms with van der Waals surface area (Å²) in [6.45, 7) is -2.28. The molecule has 0 saturated heterocycles. The fourth-order valence-electron chi connectivity index (χ4n) is 4.44. The van der Waals surface area contributed by atoms with Gasteiger partial charge < -0.3 is 4.90 Å². The minimum Gasteiger partial charge on any atom is -0.328 e. The van der Waals surface area contributed by atoms with E-state index < -0.39 is 18.2 Å². The molecule has 2 aromatic carbocycles. The Labute approximate surface area is 192 Å². The molecule has 6 rings (SSSR count). The van der Waals surface area contributed by atoms with Gasteiger partial charge in [-0.25, -0.2) is 4.39 Å². The molecule has 1 aliphatic heterocycles. The van der Waals surface area contributed by atoms with Crippen molar-refractivity contribution in [2.75, 3.05) is 0 Å². The van der Waals surface area contributed by atoms with Crippen molar-refractivity contribution in [3.05, 3.63) is 82.0 Å². The zero-order chi connectivity index (χ0) is 23.8. The van der Waals surface area contributed by atoms with Crippen LogP contribution in [-0.4, -0.2) is 25.6 Å². The van der Waals surface area contributed by atoms with E-state index in [0.717, 1.165) is 34.3 Å². The van der Waals surface area contributed by atoms with Gasteiger partial charge in [0, 0.05) is 36.9 Å². The molecule has 4 aromatic rings. The molecule has 2 aromatic heterocycles. The van der Waals surface area contributed by atoms with Gasteiger partial charge in [-0.2, -0.15) is 5.10 Å². The molecule has 7 heteroatoms. The second-order valence-corrected chi connectivity index (χ2v) is 8.77. The number of fused-ring (bicyclic) bond motifs is 2. The molecule has 3 heterocycles. The Hall–Kier alpha value is -3.25. The van der Waals surface area contributed by atoms with E-state index in [4.69, 9.17) is 14.3 Å². The first-order valence-electron chi connectivity index (χ1n) is 11.5. The van der Waals surface area contributed by atoms with Crippen LogP contribution in [0.3, 0.4) is 0 Å². The summed E-state index contributed by atoms with van der Waals surface area (Å²) in [5, 5.41) is 5.78. The maximum Gasteiger partial charge on any atom is 0.256 e. The maximum atomic E-state index is 15.7. The van der Waals surface area contributed by atoms with Crippen LogP contribution in [0.5, 0.6) is 0 Å². The molecule has 1 fully saturated rings. The van der Waals surface area contributed by atoms with Crippen molar-refractivity contribution in [2.24, 2.45) is 7.05 Å². The minimum absolute atomic E-state index is 0.0742. The summed E-state index contributed by atoms with van der Waals surface area (Å²) in [7, 11) is 1.81. The van der Waals surface area contributed by atoms with Crippen molar-refractivity contribution in [1.82, 2.24) is 19.7 Å². The number of carbonyl (C=O) groups excluding carboxylic acids is 1. The molecule has 0 bridgehead atoms. The van der Waals surface area contributed by atoms with Gasteiger partial charge >= 0.3 is 0 Å². The number of pyridine rings is 1. The van der Waals surface area contributed by atoms with E-state index in [-0.39, 0.29) is 23.7 Å². The zero-order valence-electron chi connectivity index (χ0n) is 19.3. The summed E-state index contributed by atoms with van der Waals surface area (Å²) in [4.78, 5) is 18.2. The molecule has 5 nitrogen and oxygen atoms in total. The van der Waals surface area contributed by atoms with Gasteiger partial charge in [0.15, 0.2) is 0 Å². The van der Waals surface area contributed by atoms with Crippen molar-refractivity contribution in [2.45, 2.75) is 31.8 Å². The Morgan fingerprint density at radius 1 is 1.25 bits per heavy atom. The Bertz CT molecular complexity index is 1500. The van der Waals surface area contributed by atoms with Crippen LogP contribution in [0.2, 0.25) is 5.02 Å². The van der Waals surface area contributed by atoms with Gasteiger partial charge in [-0.05, 0) is 59.7 Å². The van der Waals surface area contributed by atoms with Crippen molar-refractivity contribution >= 4 is 28.4 Å². The molecule has 1 amide bonds. The van der Waals surface area contributed by atoms with Gasteiger partial charge in [0.2, 0.25) is 0 Å².